The molecule has 0 bridgehead atoms. The summed E-state index contributed by atoms with van der Waals surface area (Å²) < 4.78 is 6.86. The highest BCUT2D eigenvalue weighted by Crippen LogP contribution is 2.21. The average Bonchev–Trinajstić information content (AvgIpc) is 2.30. The first-order chi connectivity index (χ1) is 8.63. The monoisotopic (exact) mass is 311 g/mol. The van der Waals surface area contributed by atoms with Crippen LogP contribution in [0.2, 0.25) is 0 Å². The highest BCUT2D eigenvalue weighted by Gasteiger charge is 2.21. The van der Waals surface area contributed by atoms with Crippen LogP contribution in [0.5, 0.6) is 5.75 Å². The first kappa shape index (κ1) is 13.9. The molecule has 2 atom stereocenters. The van der Waals surface area contributed by atoms with Gasteiger partial charge in [0, 0.05) is 24.1 Å². The molecule has 0 aliphatic carbocycles. The summed E-state index contributed by atoms with van der Waals surface area (Å²) in [5, 5.41) is 0. The van der Waals surface area contributed by atoms with Crippen LogP contribution in [0, 0.1) is 11.8 Å². The van der Waals surface area contributed by atoms with E-state index < -0.39 is 0 Å². The fraction of sp³-hybridized carbons (Fsp3) is 0.600. The van der Waals surface area contributed by atoms with E-state index in [1.54, 1.807) is 0 Å². The maximum atomic E-state index is 5.77. The van der Waals surface area contributed by atoms with E-state index in [4.69, 9.17) is 4.74 Å². The minimum absolute atomic E-state index is 0.779. The molecule has 0 N–H and O–H groups in total. The number of halogens is 1. The Bertz CT molecular complexity index is 355. The molecule has 1 fully saturated rings. The van der Waals surface area contributed by atoms with Crippen LogP contribution in [0.25, 0.3) is 0 Å². The van der Waals surface area contributed by atoms with Gasteiger partial charge < -0.3 is 4.74 Å². The number of hydrogen-bond donors (Lipinski definition) is 0. The van der Waals surface area contributed by atoms with E-state index in [2.05, 4.69) is 34.7 Å². The molecule has 0 aromatic heterocycles. The van der Waals surface area contributed by atoms with Gasteiger partial charge in [0.1, 0.15) is 12.4 Å². The molecular formula is C15H22BrNO. The molecule has 2 rings (SSSR count). The molecule has 3 heteroatoms. The van der Waals surface area contributed by atoms with Crippen LogP contribution < -0.4 is 4.74 Å². The first-order valence-electron chi connectivity index (χ1n) is 6.74. The third-order valence-corrected chi connectivity index (χ3v) is 3.96. The highest BCUT2D eigenvalue weighted by molar-refractivity contribution is 9.10. The lowest BCUT2D eigenvalue weighted by Crippen LogP contribution is -2.40. The summed E-state index contributed by atoms with van der Waals surface area (Å²) >= 11 is 3.43. The topological polar surface area (TPSA) is 12.5 Å². The maximum Gasteiger partial charge on any atom is 0.119 e. The van der Waals surface area contributed by atoms with Gasteiger partial charge in [-0.2, -0.15) is 0 Å². The van der Waals surface area contributed by atoms with E-state index in [1.807, 2.05) is 24.3 Å². The van der Waals surface area contributed by atoms with Crippen molar-refractivity contribution < 1.29 is 4.74 Å². The zero-order valence-corrected chi connectivity index (χ0v) is 12.8. The van der Waals surface area contributed by atoms with E-state index in [0.29, 0.717) is 0 Å². The largest absolute Gasteiger partial charge is 0.492 e. The Labute approximate surface area is 118 Å². The van der Waals surface area contributed by atoms with Gasteiger partial charge in [-0.05, 0) is 42.5 Å². The molecule has 1 aliphatic heterocycles. The van der Waals surface area contributed by atoms with Gasteiger partial charge in [-0.15, -0.1) is 0 Å². The number of hydrogen-bond acceptors (Lipinski definition) is 2. The van der Waals surface area contributed by atoms with Gasteiger partial charge in [0.2, 0.25) is 0 Å². The third kappa shape index (κ3) is 4.29. The molecule has 0 radical (unpaired) electrons. The highest BCUT2D eigenvalue weighted by atomic mass is 79.9. The first-order valence-corrected chi connectivity index (χ1v) is 7.53. The molecule has 1 aliphatic rings. The predicted octanol–water partition coefficient (Wildman–Crippen LogP) is 3.81. The quantitative estimate of drug-likeness (QED) is 0.838. The number of nitrogens with zero attached hydrogens (tertiary/aromatic N) is 1. The third-order valence-electron chi connectivity index (χ3n) is 3.43. The Hall–Kier alpha value is -0.540. The molecule has 1 heterocycles. The van der Waals surface area contributed by atoms with Gasteiger partial charge in [-0.3, -0.25) is 4.90 Å². The van der Waals surface area contributed by atoms with Crippen LogP contribution in [0.15, 0.2) is 28.7 Å². The van der Waals surface area contributed by atoms with Crippen LogP contribution in [0.3, 0.4) is 0 Å². The molecule has 1 saturated heterocycles. The Morgan fingerprint density at radius 3 is 2.39 bits per heavy atom. The summed E-state index contributed by atoms with van der Waals surface area (Å²) in [6.45, 7) is 8.93. The van der Waals surface area contributed by atoms with E-state index in [1.165, 1.54) is 19.5 Å². The Balaban J connectivity index is 1.73. The second kappa shape index (κ2) is 6.58. The van der Waals surface area contributed by atoms with Gasteiger partial charge in [0.25, 0.3) is 0 Å². The van der Waals surface area contributed by atoms with Crippen molar-refractivity contribution in [1.29, 1.82) is 0 Å². The summed E-state index contributed by atoms with van der Waals surface area (Å²) in [6, 6.07) is 8.04. The maximum absolute atomic E-state index is 5.77. The van der Waals surface area contributed by atoms with E-state index in [9.17, 15) is 0 Å². The lowest BCUT2D eigenvalue weighted by molar-refractivity contribution is 0.120. The van der Waals surface area contributed by atoms with Crippen molar-refractivity contribution in [1.82, 2.24) is 4.90 Å². The van der Waals surface area contributed by atoms with E-state index in [0.717, 1.165) is 35.2 Å². The van der Waals surface area contributed by atoms with E-state index >= 15 is 0 Å². The SMILES string of the molecule is C[C@H]1C[C@H](C)CN(CCOc2ccc(Br)cc2)C1. The predicted molar refractivity (Wildman–Crippen MR) is 79.0 cm³/mol. The minimum atomic E-state index is 0.779. The second-order valence-corrected chi connectivity index (χ2v) is 6.42. The van der Waals surface area contributed by atoms with Crippen molar-refractivity contribution in [3.63, 3.8) is 0 Å². The van der Waals surface area contributed by atoms with Crippen LogP contribution in [-0.2, 0) is 0 Å². The van der Waals surface area contributed by atoms with Crippen molar-refractivity contribution in [3.05, 3.63) is 28.7 Å². The Morgan fingerprint density at radius 1 is 1.17 bits per heavy atom. The molecular weight excluding hydrogens is 290 g/mol. The van der Waals surface area contributed by atoms with Gasteiger partial charge in [-0.25, -0.2) is 0 Å². The Morgan fingerprint density at radius 2 is 1.78 bits per heavy atom. The molecule has 100 valence electrons. The molecule has 1 aromatic carbocycles. The van der Waals surface area contributed by atoms with Gasteiger partial charge >= 0.3 is 0 Å². The number of rotatable bonds is 4. The molecule has 0 spiro atoms. The number of likely N-dealkylation sites (tertiary alicyclic amines) is 1. The number of ether oxygens (including phenoxy) is 1. The minimum Gasteiger partial charge on any atom is -0.492 e. The average molecular weight is 312 g/mol. The molecule has 1 aromatic rings. The van der Waals surface area contributed by atoms with E-state index in [-0.39, 0.29) is 0 Å². The van der Waals surface area contributed by atoms with Crippen LogP contribution in [-0.4, -0.2) is 31.1 Å². The fourth-order valence-corrected chi connectivity index (χ4v) is 3.06. The van der Waals surface area contributed by atoms with Crippen LogP contribution >= 0.6 is 15.9 Å². The zero-order chi connectivity index (χ0) is 13.0. The standard InChI is InChI=1S/C15H22BrNO/c1-12-9-13(2)11-17(10-12)7-8-18-15-5-3-14(16)4-6-15/h3-6,12-13H,7-11H2,1-2H3/t12-,13-/m0/s1. The lowest BCUT2D eigenvalue weighted by atomic mass is 9.92. The van der Waals surface area contributed by atoms with Gasteiger partial charge in [-0.1, -0.05) is 29.8 Å². The smallest absolute Gasteiger partial charge is 0.119 e. The summed E-state index contributed by atoms with van der Waals surface area (Å²) in [4.78, 5) is 2.53. The molecule has 0 unspecified atom stereocenters. The molecule has 0 amide bonds. The lowest BCUT2D eigenvalue weighted by Gasteiger charge is -2.34. The van der Waals surface area contributed by atoms with Crippen molar-refractivity contribution in [3.8, 4) is 5.75 Å². The number of piperidine rings is 1. The van der Waals surface area contributed by atoms with Gasteiger partial charge in [0.15, 0.2) is 0 Å². The van der Waals surface area contributed by atoms with Crippen molar-refractivity contribution in [2.24, 2.45) is 11.8 Å². The summed E-state index contributed by atoms with van der Waals surface area (Å²) in [5.41, 5.74) is 0. The normalized spacial score (nSPS) is 25.1. The summed E-state index contributed by atoms with van der Waals surface area (Å²) in [6.07, 6.45) is 1.37. The molecule has 0 saturated carbocycles. The van der Waals surface area contributed by atoms with Crippen molar-refractivity contribution >= 4 is 15.9 Å². The Kier molecular flexibility index (Phi) is 5.07. The summed E-state index contributed by atoms with van der Waals surface area (Å²) in [5.74, 6) is 2.60. The zero-order valence-electron chi connectivity index (χ0n) is 11.2. The van der Waals surface area contributed by atoms with Crippen molar-refractivity contribution in [2.75, 3.05) is 26.2 Å². The molecule has 18 heavy (non-hydrogen) atoms. The van der Waals surface area contributed by atoms with Crippen LogP contribution in [0.4, 0.5) is 0 Å². The van der Waals surface area contributed by atoms with Crippen LogP contribution in [0.1, 0.15) is 20.3 Å². The van der Waals surface area contributed by atoms with Crippen molar-refractivity contribution in [2.45, 2.75) is 20.3 Å². The number of benzene rings is 1. The van der Waals surface area contributed by atoms with Gasteiger partial charge in [0.05, 0.1) is 0 Å². The molecule has 2 nitrogen and oxygen atoms in total. The second-order valence-electron chi connectivity index (χ2n) is 5.51. The summed E-state index contributed by atoms with van der Waals surface area (Å²) in [7, 11) is 0. The fourth-order valence-electron chi connectivity index (χ4n) is 2.80.